The summed E-state index contributed by atoms with van der Waals surface area (Å²) in [5, 5.41) is 10.6. The van der Waals surface area contributed by atoms with Crippen LogP contribution in [0.25, 0.3) is 0 Å². The van der Waals surface area contributed by atoms with Gasteiger partial charge in [0.15, 0.2) is 0 Å². The van der Waals surface area contributed by atoms with E-state index in [-0.39, 0.29) is 18.6 Å². The van der Waals surface area contributed by atoms with Crippen LogP contribution in [0, 0.1) is 11.8 Å². The molecule has 0 amide bonds. The Morgan fingerprint density at radius 3 is 2.51 bits per heavy atom. The first kappa shape index (κ1) is 23.7. The second kappa shape index (κ2) is 9.56. The molecule has 0 spiro atoms. The number of hydrogen-bond acceptors (Lipinski definition) is 4. The lowest BCUT2D eigenvalue weighted by Crippen LogP contribution is -2.53. The highest BCUT2D eigenvalue weighted by Gasteiger charge is 2.52. The van der Waals surface area contributed by atoms with E-state index in [9.17, 15) is 9.90 Å². The molecule has 0 saturated carbocycles. The van der Waals surface area contributed by atoms with Crippen molar-refractivity contribution in [3.05, 3.63) is 94.5 Å². The zero-order valence-electron chi connectivity index (χ0n) is 19.8. The molecule has 3 aromatic carbocycles. The Bertz CT molecular complexity index is 1190. The summed E-state index contributed by atoms with van der Waals surface area (Å²) in [7, 11) is 0. The van der Waals surface area contributed by atoms with E-state index in [1.165, 1.54) is 5.56 Å². The average molecular weight is 493 g/mol. The minimum atomic E-state index is -0.882. The minimum Gasteiger partial charge on any atom is -0.491 e. The average Bonchev–Trinajstić information content (AvgIpc) is 2.84. The van der Waals surface area contributed by atoms with Gasteiger partial charge in [-0.05, 0) is 74.2 Å². The molecule has 35 heavy (non-hydrogen) atoms. The second-order valence-electron chi connectivity index (χ2n) is 9.89. The van der Waals surface area contributed by atoms with Crippen molar-refractivity contribution >= 4 is 17.6 Å². The third-order valence-electron chi connectivity index (χ3n) is 7.09. The summed E-state index contributed by atoms with van der Waals surface area (Å²) in [5.41, 5.74) is 2.80. The Kier molecular flexibility index (Phi) is 6.47. The molecule has 2 heterocycles. The van der Waals surface area contributed by atoms with Crippen molar-refractivity contribution in [3.63, 3.8) is 0 Å². The number of benzene rings is 3. The number of rotatable bonds is 6. The fraction of sp³-hybridized carbons (Fsp3) is 0.345. The van der Waals surface area contributed by atoms with Crippen molar-refractivity contribution in [2.24, 2.45) is 11.8 Å². The lowest BCUT2D eigenvalue weighted by Gasteiger charge is -2.50. The van der Waals surface area contributed by atoms with Gasteiger partial charge >= 0.3 is 5.97 Å². The van der Waals surface area contributed by atoms with Gasteiger partial charge in [0, 0.05) is 16.5 Å². The number of ether oxygens (including phenoxy) is 3. The van der Waals surface area contributed by atoms with Gasteiger partial charge in [-0.15, -0.1) is 0 Å². The van der Waals surface area contributed by atoms with Gasteiger partial charge in [0.2, 0.25) is 0 Å². The lowest BCUT2D eigenvalue weighted by atomic mass is 9.71. The van der Waals surface area contributed by atoms with Crippen molar-refractivity contribution in [2.75, 3.05) is 6.61 Å². The standard InChI is InChI=1S/C29H29ClO5/c1-29(2)24-16-23(28(31)32)26(17-33-21-11-9-20(30)10-12-21)34-27(24)22-15-19(8-13-25(22)35-29)14-18-6-4-3-5-7-18/h3-13,15,23-24,26-27H,14,16-17H2,1-2H3,(H,31,32)/t23-,24-,26-,27+/m0/s1. The summed E-state index contributed by atoms with van der Waals surface area (Å²) < 4.78 is 18.9. The van der Waals surface area contributed by atoms with Gasteiger partial charge in [-0.2, -0.15) is 0 Å². The maximum Gasteiger partial charge on any atom is 0.309 e. The number of fused-ring (bicyclic) bond motifs is 3. The number of carboxylic acids is 1. The van der Waals surface area contributed by atoms with Crippen LogP contribution in [0.2, 0.25) is 5.02 Å². The van der Waals surface area contributed by atoms with Crippen molar-refractivity contribution in [2.45, 2.75) is 44.5 Å². The molecule has 1 fully saturated rings. The molecule has 2 aliphatic rings. The number of aliphatic carboxylic acids is 1. The van der Waals surface area contributed by atoms with Gasteiger partial charge in [-0.25, -0.2) is 0 Å². The van der Waals surface area contributed by atoms with Gasteiger partial charge in [0.05, 0.1) is 12.0 Å². The largest absolute Gasteiger partial charge is 0.491 e. The van der Waals surface area contributed by atoms with Crippen LogP contribution in [-0.2, 0) is 16.0 Å². The zero-order valence-corrected chi connectivity index (χ0v) is 20.6. The van der Waals surface area contributed by atoms with E-state index in [1.54, 1.807) is 24.3 Å². The highest BCUT2D eigenvalue weighted by molar-refractivity contribution is 6.30. The molecular weight excluding hydrogens is 464 g/mol. The van der Waals surface area contributed by atoms with Crippen molar-refractivity contribution in [3.8, 4) is 11.5 Å². The monoisotopic (exact) mass is 492 g/mol. The predicted octanol–water partition coefficient (Wildman–Crippen LogP) is 6.33. The van der Waals surface area contributed by atoms with Gasteiger partial charge in [-0.3, -0.25) is 4.79 Å². The van der Waals surface area contributed by atoms with Crippen LogP contribution >= 0.6 is 11.6 Å². The van der Waals surface area contributed by atoms with E-state index in [4.69, 9.17) is 25.8 Å². The number of carboxylic acid groups (broad SMARTS) is 1. The molecule has 0 radical (unpaired) electrons. The highest BCUT2D eigenvalue weighted by Crippen LogP contribution is 2.52. The Balaban J connectivity index is 1.43. The first-order chi connectivity index (χ1) is 16.8. The molecule has 0 aliphatic carbocycles. The SMILES string of the molecule is CC1(C)Oc2ccc(Cc3ccccc3)cc2[C@H]2O[C@@H](COc3ccc(Cl)cc3)[C@@H](C(=O)O)C[C@@H]21. The molecule has 5 nitrogen and oxygen atoms in total. The Hall–Kier alpha value is -3.02. The van der Waals surface area contributed by atoms with Gasteiger partial charge < -0.3 is 19.3 Å². The van der Waals surface area contributed by atoms with Crippen molar-refractivity contribution in [1.82, 2.24) is 0 Å². The first-order valence-electron chi connectivity index (χ1n) is 11.9. The molecule has 3 aromatic rings. The van der Waals surface area contributed by atoms with E-state index in [2.05, 4.69) is 24.3 Å². The van der Waals surface area contributed by atoms with Crippen molar-refractivity contribution in [1.29, 1.82) is 0 Å². The first-order valence-corrected chi connectivity index (χ1v) is 12.3. The molecular formula is C29H29ClO5. The minimum absolute atomic E-state index is 0.102. The van der Waals surface area contributed by atoms with E-state index >= 15 is 0 Å². The highest BCUT2D eigenvalue weighted by atomic mass is 35.5. The third kappa shape index (κ3) is 5.02. The molecule has 1 saturated heterocycles. The molecule has 2 aliphatic heterocycles. The van der Waals surface area contributed by atoms with Gasteiger partial charge in [0.25, 0.3) is 0 Å². The maximum atomic E-state index is 12.2. The maximum absolute atomic E-state index is 12.2. The quantitative estimate of drug-likeness (QED) is 0.435. The topological polar surface area (TPSA) is 65.0 Å². The normalized spacial score (nSPS) is 24.5. The van der Waals surface area contributed by atoms with Crippen LogP contribution in [0.1, 0.15) is 43.1 Å². The Labute approximate surface area is 210 Å². The van der Waals surface area contributed by atoms with E-state index in [0.717, 1.165) is 23.3 Å². The summed E-state index contributed by atoms with van der Waals surface area (Å²) >= 11 is 5.97. The van der Waals surface area contributed by atoms with Crippen LogP contribution in [0.3, 0.4) is 0 Å². The molecule has 6 heteroatoms. The summed E-state index contributed by atoms with van der Waals surface area (Å²) in [6, 6.07) is 23.6. The molecule has 0 unspecified atom stereocenters. The lowest BCUT2D eigenvalue weighted by molar-refractivity contribution is -0.192. The summed E-state index contributed by atoms with van der Waals surface area (Å²) in [6.07, 6.45) is 0.377. The zero-order chi connectivity index (χ0) is 24.6. The fourth-order valence-electron chi connectivity index (χ4n) is 5.20. The van der Waals surface area contributed by atoms with Gasteiger partial charge in [0.1, 0.15) is 29.8 Å². The molecule has 182 valence electrons. The Morgan fingerprint density at radius 2 is 1.80 bits per heavy atom. The fourth-order valence-corrected chi connectivity index (χ4v) is 5.33. The van der Waals surface area contributed by atoms with Crippen LogP contribution in [-0.4, -0.2) is 29.4 Å². The van der Waals surface area contributed by atoms with Crippen LogP contribution < -0.4 is 9.47 Å². The van der Waals surface area contributed by atoms with E-state index in [0.29, 0.717) is 17.2 Å². The second-order valence-corrected chi connectivity index (χ2v) is 10.3. The molecule has 1 N–H and O–H groups in total. The van der Waals surface area contributed by atoms with Crippen LogP contribution in [0.5, 0.6) is 11.5 Å². The van der Waals surface area contributed by atoms with Crippen molar-refractivity contribution < 1.29 is 24.1 Å². The Morgan fingerprint density at radius 1 is 1.06 bits per heavy atom. The number of carbonyl (C=O) groups is 1. The predicted molar refractivity (Wildman–Crippen MR) is 134 cm³/mol. The third-order valence-corrected chi connectivity index (χ3v) is 7.34. The molecule has 5 rings (SSSR count). The number of halogens is 1. The number of hydrogen-bond donors (Lipinski definition) is 1. The summed E-state index contributed by atoms with van der Waals surface area (Å²) in [4.78, 5) is 12.2. The summed E-state index contributed by atoms with van der Waals surface area (Å²) in [5.74, 6) is -0.260. The van der Waals surface area contributed by atoms with E-state index < -0.39 is 23.6 Å². The molecule has 4 atom stereocenters. The van der Waals surface area contributed by atoms with Crippen LogP contribution in [0.15, 0.2) is 72.8 Å². The van der Waals surface area contributed by atoms with Gasteiger partial charge in [-0.1, -0.05) is 48.0 Å². The molecule has 0 aromatic heterocycles. The van der Waals surface area contributed by atoms with Crippen LogP contribution in [0.4, 0.5) is 0 Å². The molecule has 0 bridgehead atoms. The van der Waals surface area contributed by atoms with E-state index in [1.807, 2.05) is 38.1 Å². The summed E-state index contributed by atoms with van der Waals surface area (Å²) in [6.45, 7) is 4.17. The smallest absolute Gasteiger partial charge is 0.309 e.